The van der Waals surface area contributed by atoms with Crippen LogP contribution in [0.4, 0.5) is 5.69 Å². The smallest absolute Gasteiger partial charge is 0.257 e. The lowest BCUT2D eigenvalue weighted by molar-refractivity contribution is 0.102. The summed E-state index contributed by atoms with van der Waals surface area (Å²) in [5.41, 5.74) is 2.65. The molecule has 0 fully saturated rings. The minimum atomic E-state index is -0.319. The molecule has 7 heteroatoms. The maximum Gasteiger partial charge on any atom is 0.257 e. The highest BCUT2D eigenvalue weighted by Gasteiger charge is 2.12. The second-order valence-electron chi connectivity index (χ2n) is 5.24. The fourth-order valence-electron chi connectivity index (χ4n) is 2.33. The quantitative estimate of drug-likeness (QED) is 0.709. The molecule has 1 amide bonds. The van der Waals surface area contributed by atoms with Crippen molar-refractivity contribution in [3.8, 4) is 0 Å². The van der Waals surface area contributed by atoms with E-state index in [4.69, 9.17) is 27.9 Å². The van der Waals surface area contributed by atoms with Crippen LogP contribution in [0.1, 0.15) is 16.2 Å². The van der Waals surface area contributed by atoms with E-state index in [0.29, 0.717) is 34.3 Å². The fraction of sp³-hybridized carbons (Fsp3) is 0.176. The molecule has 2 aromatic carbocycles. The Morgan fingerprint density at radius 3 is 2.88 bits per heavy atom. The number of carbonyl (C=O) groups excluding carboxylic acids is 1. The molecule has 1 heterocycles. The predicted octanol–water partition coefficient (Wildman–Crippen LogP) is 4.31. The number of ether oxygens (including phenoxy) is 1. The van der Waals surface area contributed by atoms with Crippen LogP contribution >= 0.6 is 23.2 Å². The van der Waals surface area contributed by atoms with Gasteiger partial charge < -0.3 is 15.0 Å². The van der Waals surface area contributed by atoms with Crippen molar-refractivity contribution in [3.63, 3.8) is 0 Å². The van der Waals surface area contributed by atoms with E-state index in [-0.39, 0.29) is 5.91 Å². The van der Waals surface area contributed by atoms with Gasteiger partial charge in [0.25, 0.3) is 5.91 Å². The number of nitrogens with one attached hydrogen (secondary N) is 2. The normalized spacial score (nSPS) is 11.0. The monoisotopic (exact) mass is 363 g/mol. The van der Waals surface area contributed by atoms with Gasteiger partial charge in [-0.25, -0.2) is 4.98 Å². The Morgan fingerprint density at radius 1 is 1.25 bits per heavy atom. The molecule has 5 nitrogen and oxygen atoms in total. The highest BCUT2D eigenvalue weighted by molar-refractivity contribution is 6.36. The van der Waals surface area contributed by atoms with Gasteiger partial charge in [-0.2, -0.15) is 0 Å². The number of anilines is 1. The number of halogens is 2. The molecule has 0 aliphatic carbocycles. The Hall–Kier alpha value is -2.08. The molecule has 0 aliphatic rings. The van der Waals surface area contributed by atoms with Crippen molar-refractivity contribution < 1.29 is 9.53 Å². The number of amides is 1. The highest BCUT2D eigenvalue weighted by atomic mass is 35.5. The largest absolute Gasteiger partial charge is 0.384 e. The number of rotatable bonds is 5. The van der Waals surface area contributed by atoms with Gasteiger partial charge in [-0.3, -0.25) is 4.79 Å². The first-order valence-corrected chi connectivity index (χ1v) is 8.06. The number of nitrogens with zero attached hydrogens (tertiary/aromatic N) is 1. The first kappa shape index (κ1) is 16.8. The molecule has 0 aliphatic heterocycles. The van der Waals surface area contributed by atoms with E-state index in [1.165, 1.54) is 6.07 Å². The number of hydrogen-bond donors (Lipinski definition) is 2. The highest BCUT2D eigenvalue weighted by Crippen LogP contribution is 2.23. The van der Waals surface area contributed by atoms with Gasteiger partial charge in [0.05, 0.1) is 28.2 Å². The fourth-order valence-corrected chi connectivity index (χ4v) is 2.70. The number of imidazole rings is 1. The standard InChI is InChI=1S/C17H15Cl2N3O2/c1-24-7-6-16-21-14-5-3-11(9-15(14)22-16)20-17(23)12-8-10(18)2-4-13(12)19/h2-5,8-9H,6-7H2,1H3,(H,20,23)(H,21,22). The molecule has 0 bridgehead atoms. The maximum atomic E-state index is 12.4. The van der Waals surface area contributed by atoms with Crippen molar-refractivity contribution >= 4 is 45.8 Å². The molecule has 1 aromatic heterocycles. The van der Waals surface area contributed by atoms with Gasteiger partial charge in [-0.15, -0.1) is 0 Å². The first-order chi connectivity index (χ1) is 11.6. The Kier molecular flexibility index (Phi) is 5.04. The predicted molar refractivity (Wildman–Crippen MR) is 96.1 cm³/mol. The number of carbonyl (C=O) groups is 1. The summed E-state index contributed by atoms with van der Waals surface area (Å²) < 4.78 is 5.05. The Labute approximate surface area is 148 Å². The van der Waals surface area contributed by atoms with E-state index in [1.807, 2.05) is 12.1 Å². The van der Waals surface area contributed by atoms with Crippen LogP contribution < -0.4 is 5.32 Å². The zero-order valence-electron chi connectivity index (χ0n) is 12.9. The van der Waals surface area contributed by atoms with E-state index >= 15 is 0 Å². The number of benzene rings is 2. The molecule has 0 unspecified atom stereocenters. The second kappa shape index (κ2) is 7.21. The van der Waals surface area contributed by atoms with E-state index in [9.17, 15) is 4.79 Å². The molecule has 3 aromatic rings. The molecule has 3 rings (SSSR count). The summed E-state index contributed by atoms with van der Waals surface area (Å²) in [6, 6.07) is 10.2. The lowest BCUT2D eigenvalue weighted by atomic mass is 10.2. The van der Waals surface area contributed by atoms with Crippen molar-refractivity contribution in [1.29, 1.82) is 0 Å². The first-order valence-electron chi connectivity index (χ1n) is 7.31. The van der Waals surface area contributed by atoms with Gasteiger partial charge >= 0.3 is 0 Å². The summed E-state index contributed by atoms with van der Waals surface area (Å²) in [5.74, 6) is 0.522. The average Bonchev–Trinajstić information content (AvgIpc) is 2.97. The third-order valence-corrected chi connectivity index (χ3v) is 4.07. The van der Waals surface area contributed by atoms with Crippen molar-refractivity contribution in [2.45, 2.75) is 6.42 Å². The van der Waals surface area contributed by atoms with E-state index in [0.717, 1.165) is 16.9 Å². The number of fused-ring (bicyclic) bond motifs is 1. The van der Waals surface area contributed by atoms with Crippen LogP contribution in [0.3, 0.4) is 0 Å². The molecule has 0 atom stereocenters. The number of H-pyrrole nitrogens is 1. The van der Waals surface area contributed by atoms with Gasteiger partial charge in [-0.1, -0.05) is 23.2 Å². The SMILES string of the molecule is COCCc1nc2ccc(NC(=O)c3cc(Cl)ccc3Cl)cc2[nH]1. The summed E-state index contributed by atoms with van der Waals surface area (Å²) in [6.45, 7) is 0.594. The van der Waals surface area contributed by atoms with Gasteiger partial charge in [0.2, 0.25) is 0 Å². The number of hydrogen-bond acceptors (Lipinski definition) is 3. The molecule has 24 heavy (non-hydrogen) atoms. The zero-order chi connectivity index (χ0) is 17.1. The molecule has 0 saturated heterocycles. The molecule has 2 N–H and O–H groups in total. The summed E-state index contributed by atoms with van der Waals surface area (Å²) in [4.78, 5) is 20.1. The molecule has 0 spiro atoms. The topological polar surface area (TPSA) is 67.0 Å². The van der Waals surface area contributed by atoms with Crippen molar-refractivity contribution in [2.24, 2.45) is 0 Å². The van der Waals surface area contributed by atoms with Crippen LogP contribution in [0.2, 0.25) is 10.0 Å². The molecular formula is C17H15Cl2N3O2. The van der Waals surface area contributed by atoms with E-state index in [1.54, 1.807) is 25.3 Å². The summed E-state index contributed by atoms with van der Waals surface area (Å²) in [6.07, 6.45) is 0.699. The van der Waals surface area contributed by atoms with Crippen LogP contribution in [0.25, 0.3) is 11.0 Å². The summed E-state index contributed by atoms with van der Waals surface area (Å²) >= 11 is 12.0. The van der Waals surface area contributed by atoms with Gasteiger partial charge in [-0.05, 0) is 36.4 Å². The molecule has 124 valence electrons. The van der Waals surface area contributed by atoms with Crippen molar-refractivity contribution in [2.75, 3.05) is 19.0 Å². The second-order valence-corrected chi connectivity index (χ2v) is 6.08. The lowest BCUT2D eigenvalue weighted by Gasteiger charge is -2.07. The summed E-state index contributed by atoms with van der Waals surface area (Å²) in [5, 5.41) is 3.62. The van der Waals surface area contributed by atoms with Crippen LogP contribution in [0.5, 0.6) is 0 Å². The summed E-state index contributed by atoms with van der Waals surface area (Å²) in [7, 11) is 1.65. The van der Waals surface area contributed by atoms with Gasteiger partial charge in [0.1, 0.15) is 5.82 Å². The minimum absolute atomic E-state index is 0.319. The number of methoxy groups -OCH3 is 1. The Balaban J connectivity index is 1.81. The van der Waals surface area contributed by atoms with Crippen molar-refractivity contribution in [3.05, 3.63) is 57.8 Å². The third-order valence-electron chi connectivity index (χ3n) is 3.50. The molecular weight excluding hydrogens is 349 g/mol. The van der Waals surface area contributed by atoms with E-state index in [2.05, 4.69) is 15.3 Å². The van der Waals surface area contributed by atoms with E-state index < -0.39 is 0 Å². The van der Waals surface area contributed by atoms with Gasteiger partial charge in [0.15, 0.2) is 0 Å². The van der Waals surface area contributed by atoms with Crippen molar-refractivity contribution in [1.82, 2.24) is 9.97 Å². The Morgan fingerprint density at radius 2 is 2.08 bits per heavy atom. The minimum Gasteiger partial charge on any atom is -0.384 e. The lowest BCUT2D eigenvalue weighted by Crippen LogP contribution is -2.12. The maximum absolute atomic E-state index is 12.4. The Bertz CT molecular complexity index is 893. The van der Waals surface area contributed by atoms with Crippen LogP contribution in [-0.2, 0) is 11.2 Å². The van der Waals surface area contributed by atoms with Crippen LogP contribution in [-0.4, -0.2) is 29.6 Å². The van der Waals surface area contributed by atoms with Crippen LogP contribution in [0.15, 0.2) is 36.4 Å². The van der Waals surface area contributed by atoms with Crippen LogP contribution in [0, 0.1) is 0 Å². The average molecular weight is 364 g/mol. The number of aromatic nitrogens is 2. The van der Waals surface area contributed by atoms with Gasteiger partial charge in [0, 0.05) is 24.2 Å². The molecule has 0 saturated carbocycles. The molecule has 0 radical (unpaired) electrons. The zero-order valence-corrected chi connectivity index (χ0v) is 14.4. The third kappa shape index (κ3) is 3.70. The number of aromatic amines is 1.